The van der Waals surface area contributed by atoms with Gasteiger partial charge in [-0.25, -0.2) is 0 Å². The van der Waals surface area contributed by atoms with Gasteiger partial charge in [-0.05, 0) is 28.8 Å². The highest BCUT2D eigenvalue weighted by atomic mass is 79.9. The number of alkyl halides is 1. The molecule has 0 aliphatic rings. The van der Waals surface area contributed by atoms with Crippen LogP contribution < -0.4 is 9.47 Å². The molecule has 0 atom stereocenters. The molecule has 0 saturated carbocycles. The van der Waals surface area contributed by atoms with Gasteiger partial charge < -0.3 is 9.47 Å². The van der Waals surface area contributed by atoms with Crippen molar-refractivity contribution in [2.75, 3.05) is 19.5 Å². The Hall–Kier alpha value is -1.22. The molecule has 0 aliphatic carbocycles. The predicted molar refractivity (Wildman–Crippen MR) is 71.5 cm³/mol. The summed E-state index contributed by atoms with van der Waals surface area (Å²) in [5.41, 5.74) is 2.84. The molecule has 1 aromatic rings. The summed E-state index contributed by atoms with van der Waals surface area (Å²) >= 11 is 3.36. The Kier molecular flexibility index (Phi) is 4.62. The standard InChI is InChI=1S/C13H15BrO2/c1-9(8-14)10(2)11-5-6-12(15-3)13(7-11)16-4/h5-7H,1-2,8H2,3-4H3. The van der Waals surface area contributed by atoms with E-state index in [9.17, 15) is 0 Å². The highest BCUT2D eigenvalue weighted by Gasteiger charge is 2.08. The number of rotatable bonds is 5. The summed E-state index contributed by atoms with van der Waals surface area (Å²) in [6, 6.07) is 5.70. The van der Waals surface area contributed by atoms with Crippen LogP contribution in [-0.4, -0.2) is 19.5 Å². The third kappa shape index (κ3) is 2.67. The van der Waals surface area contributed by atoms with Gasteiger partial charge in [-0.3, -0.25) is 0 Å². The highest BCUT2D eigenvalue weighted by Crippen LogP contribution is 2.31. The monoisotopic (exact) mass is 282 g/mol. The number of halogens is 1. The van der Waals surface area contributed by atoms with Gasteiger partial charge >= 0.3 is 0 Å². The van der Waals surface area contributed by atoms with Crippen LogP contribution in [0.1, 0.15) is 5.56 Å². The average Bonchev–Trinajstić information content (AvgIpc) is 2.35. The van der Waals surface area contributed by atoms with Crippen molar-refractivity contribution < 1.29 is 9.47 Å². The van der Waals surface area contributed by atoms with Crippen LogP contribution in [0.3, 0.4) is 0 Å². The smallest absolute Gasteiger partial charge is 0.161 e. The van der Waals surface area contributed by atoms with Gasteiger partial charge in [-0.2, -0.15) is 0 Å². The number of ether oxygens (including phenoxy) is 2. The maximum atomic E-state index is 5.23. The second-order valence-corrected chi connectivity index (χ2v) is 3.85. The number of methoxy groups -OCH3 is 2. The van der Waals surface area contributed by atoms with Gasteiger partial charge in [0.2, 0.25) is 0 Å². The normalized spacial score (nSPS) is 9.69. The molecule has 1 rings (SSSR count). The maximum absolute atomic E-state index is 5.23. The first kappa shape index (κ1) is 12.8. The molecule has 3 heteroatoms. The fourth-order valence-corrected chi connectivity index (χ4v) is 1.65. The predicted octanol–water partition coefficient (Wildman–Crippen LogP) is 3.67. The van der Waals surface area contributed by atoms with Crippen LogP contribution in [0.25, 0.3) is 5.57 Å². The van der Waals surface area contributed by atoms with Crippen molar-refractivity contribution in [3.8, 4) is 11.5 Å². The first-order chi connectivity index (χ1) is 7.63. The second-order valence-electron chi connectivity index (χ2n) is 3.29. The van der Waals surface area contributed by atoms with Gasteiger partial charge in [-0.1, -0.05) is 35.2 Å². The lowest BCUT2D eigenvalue weighted by Gasteiger charge is -2.11. The minimum Gasteiger partial charge on any atom is -0.493 e. The van der Waals surface area contributed by atoms with Crippen LogP contribution in [0.15, 0.2) is 36.9 Å². The fourth-order valence-electron chi connectivity index (χ4n) is 1.31. The summed E-state index contributed by atoms with van der Waals surface area (Å²) < 4.78 is 10.4. The van der Waals surface area contributed by atoms with E-state index in [2.05, 4.69) is 29.1 Å². The van der Waals surface area contributed by atoms with Crippen LogP contribution >= 0.6 is 15.9 Å². The lowest BCUT2D eigenvalue weighted by Crippen LogP contribution is -1.93. The van der Waals surface area contributed by atoms with E-state index in [4.69, 9.17) is 9.47 Å². The molecule has 0 unspecified atom stereocenters. The highest BCUT2D eigenvalue weighted by molar-refractivity contribution is 9.09. The molecule has 86 valence electrons. The van der Waals surface area contributed by atoms with Crippen molar-refractivity contribution in [2.24, 2.45) is 0 Å². The van der Waals surface area contributed by atoms with E-state index >= 15 is 0 Å². The Morgan fingerprint density at radius 1 is 1.19 bits per heavy atom. The van der Waals surface area contributed by atoms with E-state index in [1.54, 1.807) is 14.2 Å². The minimum absolute atomic E-state index is 0.698. The SMILES string of the molecule is C=C(CBr)C(=C)c1ccc(OC)c(OC)c1. The first-order valence-electron chi connectivity index (χ1n) is 4.79. The molecule has 0 amide bonds. The van der Waals surface area contributed by atoms with Gasteiger partial charge in [0.15, 0.2) is 11.5 Å². The number of benzene rings is 1. The van der Waals surface area contributed by atoms with Gasteiger partial charge in [0.25, 0.3) is 0 Å². The van der Waals surface area contributed by atoms with Crippen molar-refractivity contribution >= 4 is 21.5 Å². The molecule has 0 aromatic heterocycles. The van der Waals surface area contributed by atoms with Crippen LogP contribution in [0, 0.1) is 0 Å². The molecular weight excluding hydrogens is 268 g/mol. The van der Waals surface area contributed by atoms with E-state index in [0.717, 1.165) is 16.7 Å². The Labute approximate surface area is 105 Å². The van der Waals surface area contributed by atoms with Crippen LogP contribution in [0.4, 0.5) is 0 Å². The summed E-state index contributed by atoms with van der Waals surface area (Å²) in [7, 11) is 3.23. The van der Waals surface area contributed by atoms with E-state index in [0.29, 0.717) is 16.8 Å². The fraction of sp³-hybridized carbons (Fsp3) is 0.231. The van der Waals surface area contributed by atoms with E-state index in [1.165, 1.54) is 0 Å². The zero-order chi connectivity index (χ0) is 12.1. The van der Waals surface area contributed by atoms with Crippen molar-refractivity contribution in [1.82, 2.24) is 0 Å². The quantitative estimate of drug-likeness (QED) is 0.606. The molecule has 0 aliphatic heterocycles. The van der Waals surface area contributed by atoms with Gasteiger partial charge in [0.05, 0.1) is 14.2 Å². The molecule has 0 bridgehead atoms. The first-order valence-corrected chi connectivity index (χ1v) is 5.91. The summed E-state index contributed by atoms with van der Waals surface area (Å²) in [5, 5.41) is 0.709. The van der Waals surface area contributed by atoms with Crippen LogP contribution in [-0.2, 0) is 0 Å². The third-order valence-corrected chi connectivity index (χ3v) is 3.00. The number of allylic oxidation sites excluding steroid dienone is 2. The van der Waals surface area contributed by atoms with E-state index in [1.807, 2.05) is 18.2 Å². The molecule has 0 radical (unpaired) electrons. The third-order valence-electron chi connectivity index (χ3n) is 2.32. The summed E-state index contributed by atoms with van der Waals surface area (Å²) in [5.74, 6) is 1.41. The van der Waals surface area contributed by atoms with Crippen molar-refractivity contribution in [3.63, 3.8) is 0 Å². The Balaban J connectivity index is 3.08. The van der Waals surface area contributed by atoms with E-state index < -0.39 is 0 Å². The molecule has 0 N–H and O–H groups in total. The van der Waals surface area contributed by atoms with Crippen molar-refractivity contribution in [3.05, 3.63) is 42.5 Å². The lowest BCUT2D eigenvalue weighted by molar-refractivity contribution is 0.355. The van der Waals surface area contributed by atoms with Crippen LogP contribution in [0.2, 0.25) is 0 Å². The number of hydrogen-bond donors (Lipinski definition) is 0. The summed E-state index contributed by atoms with van der Waals surface area (Å²) in [6.45, 7) is 7.93. The maximum Gasteiger partial charge on any atom is 0.161 e. The van der Waals surface area contributed by atoms with Crippen molar-refractivity contribution in [2.45, 2.75) is 0 Å². The minimum atomic E-state index is 0.698. The van der Waals surface area contributed by atoms with Gasteiger partial charge in [-0.15, -0.1) is 0 Å². The molecular formula is C13H15BrO2. The average molecular weight is 283 g/mol. The molecule has 0 saturated heterocycles. The zero-order valence-corrected chi connectivity index (χ0v) is 11.1. The molecule has 0 heterocycles. The topological polar surface area (TPSA) is 18.5 Å². The largest absolute Gasteiger partial charge is 0.493 e. The van der Waals surface area contributed by atoms with Gasteiger partial charge in [0.1, 0.15) is 0 Å². The molecule has 2 nitrogen and oxygen atoms in total. The Morgan fingerprint density at radius 2 is 1.81 bits per heavy atom. The van der Waals surface area contributed by atoms with Crippen LogP contribution in [0.5, 0.6) is 11.5 Å². The molecule has 1 aromatic carbocycles. The lowest BCUT2D eigenvalue weighted by atomic mass is 10.0. The van der Waals surface area contributed by atoms with Gasteiger partial charge in [0, 0.05) is 5.33 Å². The second kappa shape index (κ2) is 5.75. The zero-order valence-electron chi connectivity index (χ0n) is 9.55. The van der Waals surface area contributed by atoms with Crippen molar-refractivity contribution in [1.29, 1.82) is 0 Å². The summed E-state index contributed by atoms with van der Waals surface area (Å²) in [4.78, 5) is 0. The Morgan fingerprint density at radius 3 is 2.31 bits per heavy atom. The molecule has 16 heavy (non-hydrogen) atoms. The molecule has 0 spiro atoms. The van der Waals surface area contributed by atoms with E-state index in [-0.39, 0.29) is 0 Å². The molecule has 0 fully saturated rings. The number of hydrogen-bond acceptors (Lipinski definition) is 2. The summed E-state index contributed by atoms with van der Waals surface area (Å²) in [6.07, 6.45) is 0. The Bertz CT molecular complexity index is 410.